The van der Waals surface area contributed by atoms with Crippen LogP contribution >= 0.6 is 0 Å². The number of para-hydroxylation sites is 1. The third kappa shape index (κ3) is 3.21. The molecule has 0 amide bonds. The Bertz CT molecular complexity index is 1360. The molecule has 160 valence electrons. The Hall–Kier alpha value is -3.74. The second-order valence-electron chi connectivity index (χ2n) is 8.56. The Morgan fingerprint density at radius 2 is 1.59 bits per heavy atom. The molecule has 7 heteroatoms. The van der Waals surface area contributed by atoms with E-state index >= 15 is 0 Å². The summed E-state index contributed by atoms with van der Waals surface area (Å²) in [6.07, 6.45) is 5.73. The lowest BCUT2D eigenvalue weighted by Crippen LogP contribution is -2.52. The summed E-state index contributed by atoms with van der Waals surface area (Å²) in [6, 6.07) is 14.8. The van der Waals surface area contributed by atoms with Gasteiger partial charge in [0.2, 0.25) is 0 Å². The summed E-state index contributed by atoms with van der Waals surface area (Å²) < 4.78 is 0. The van der Waals surface area contributed by atoms with Gasteiger partial charge in [-0.05, 0) is 42.7 Å². The Kier molecular flexibility index (Phi) is 4.41. The zero-order chi connectivity index (χ0) is 21.7. The average molecular weight is 425 g/mol. The number of hydrogen-bond donors (Lipinski definition) is 1. The second-order valence-corrected chi connectivity index (χ2v) is 8.56. The minimum absolute atomic E-state index is 0.354. The molecule has 7 nitrogen and oxygen atoms in total. The van der Waals surface area contributed by atoms with Crippen LogP contribution in [0, 0.1) is 0 Å². The first kappa shape index (κ1) is 19.0. The average Bonchev–Trinajstić information content (AvgIpc) is 3.68. The van der Waals surface area contributed by atoms with Crippen LogP contribution in [-0.4, -0.2) is 42.2 Å². The van der Waals surface area contributed by atoms with Gasteiger partial charge in [-0.2, -0.15) is 0 Å². The molecule has 32 heavy (non-hydrogen) atoms. The van der Waals surface area contributed by atoms with Gasteiger partial charge in [0.1, 0.15) is 17.2 Å². The molecule has 2 aliphatic rings. The maximum Gasteiger partial charge on any atom is 0.253 e. The number of fused-ring (bicyclic) bond motifs is 1. The Morgan fingerprint density at radius 1 is 0.844 bits per heavy atom. The summed E-state index contributed by atoms with van der Waals surface area (Å²) in [4.78, 5) is 37.7. The molecular weight excluding hydrogens is 402 g/mol. The van der Waals surface area contributed by atoms with Crippen molar-refractivity contribution in [3.05, 3.63) is 75.3 Å². The van der Waals surface area contributed by atoms with Crippen molar-refractivity contribution in [3.63, 3.8) is 0 Å². The molecule has 0 unspecified atom stereocenters. The summed E-state index contributed by atoms with van der Waals surface area (Å²) >= 11 is 0. The minimum Gasteiger partial charge on any atom is -0.377 e. The van der Waals surface area contributed by atoms with Crippen LogP contribution in [-0.2, 0) is 0 Å². The summed E-state index contributed by atoms with van der Waals surface area (Å²) in [5, 5.41) is 4.34. The number of pyridine rings is 2. The van der Waals surface area contributed by atoms with Gasteiger partial charge in [0.25, 0.3) is 10.9 Å². The summed E-state index contributed by atoms with van der Waals surface area (Å²) in [5.41, 5.74) is 3.53. The summed E-state index contributed by atoms with van der Waals surface area (Å²) in [5.74, 6) is 0.931. The van der Waals surface area contributed by atoms with Crippen LogP contribution in [0.2, 0.25) is 0 Å². The van der Waals surface area contributed by atoms with Gasteiger partial charge < -0.3 is 15.1 Å². The van der Waals surface area contributed by atoms with E-state index in [1.807, 2.05) is 17.0 Å². The van der Waals surface area contributed by atoms with Gasteiger partial charge in [0.15, 0.2) is 0 Å². The quantitative estimate of drug-likeness (QED) is 0.493. The van der Waals surface area contributed by atoms with E-state index in [1.54, 1.807) is 12.4 Å². The normalized spacial score (nSPS) is 16.6. The molecule has 1 saturated heterocycles. The van der Waals surface area contributed by atoms with E-state index in [0.29, 0.717) is 30.5 Å². The standard InChI is InChI=1S/C25H23N5O2/c31-24-22(27-18-5-6-18)23(25(24)32)30-14-12-29(13-15-30)20-7-4-17-2-1-3-19(21(17)28-20)16-8-10-26-11-9-16/h1-4,7-11,18,27H,5-6,12-15H2. The van der Waals surface area contributed by atoms with E-state index in [9.17, 15) is 9.59 Å². The molecule has 4 aromatic rings. The highest BCUT2D eigenvalue weighted by Gasteiger charge is 2.32. The third-order valence-corrected chi connectivity index (χ3v) is 6.43. The van der Waals surface area contributed by atoms with Crippen molar-refractivity contribution in [3.8, 4) is 11.1 Å². The van der Waals surface area contributed by atoms with E-state index in [0.717, 1.165) is 53.8 Å². The third-order valence-electron chi connectivity index (χ3n) is 6.43. The highest BCUT2D eigenvalue weighted by Crippen LogP contribution is 2.31. The highest BCUT2D eigenvalue weighted by atomic mass is 16.2. The number of nitrogens with zero attached hydrogens (tertiary/aromatic N) is 4. The van der Waals surface area contributed by atoms with Crippen LogP contribution in [0.5, 0.6) is 0 Å². The van der Waals surface area contributed by atoms with Crippen molar-refractivity contribution in [1.82, 2.24) is 9.97 Å². The number of aromatic nitrogens is 2. The SMILES string of the molecule is O=c1c(NC2CC2)c(N2CCN(c3ccc4cccc(-c5ccncc5)c4n3)CC2)c1=O. The Labute approximate surface area is 185 Å². The molecule has 1 aliphatic carbocycles. The maximum absolute atomic E-state index is 12.2. The summed E-state index contributed by atoms with van der Waals surface area (Å²) in [6.45, 7) is 2.88. The zero-order valence-electron chi connectivity index (χ0n) is 17.6. The Morgan fingerprint density at radius 3 is 2.34 bits per heavy atom. The number of anilines is 3. The van der Waals surface area contributed by atoms with E-state index in [-0.39, 0.29) is 10.9 Å². The van der Waals surface area contributed by atoms with E-state index in [2.05, 4.69) is 45.5 Å². The zero-order valence-corrected chi connectivity index (χ0v) is 17.6. The van der Waals surface area contributed by atoms with Crippen LogP contribution in [0.25, 0.3) is 22.0 Å². The lowest BCUT2D eigenvalue weighted by molar-refractivity contribution is 0.645. The van der Waals surface area contributed by atoms with Crippen LogP contribution in [0.15, 0.2) is 64.4 Å². The molecule has 3 heterocycles. The number of nitrogens with one attached hydrogen (secondary N) is 1. The van der Waals surface area contributed by atoms with E-state index in [4.69, 9.17) is 4.98 Å². The van der Waals surface area contributed by atoms with Gasteiger partial charge in [-0.15, -0.1) is 0 Å². The number of benzene rings is 1. The molecule has 2 fully saturated rings. The van der Waals surface area contributed by atoms with Crippen LogP contribution in [0.1, 0.15) is 12.8 Å². The first-order valence-electron chi connectivity index (χ1n) is 11.1. The number of hydrogen-bond acceptors (Lipinski definition) is 7. The van der Waals surface area contributed by atoms with Crippen LogP contribution in [0.4, 0.5) is 17.2 Å². The number of rotatable bonds is 5. The highest BCUT2D eigenvalue weighted by molar-refractivity contribution is 5.94. The van der Waals surface area contributed by atoms with Crippen LogP contribution < -0.4 is 26.0 Å². The molecule has 6 rings (SSSR count). The molecular formula is C25H23N5O2. The van der Waals surface area contributed by atoms with Gasteiger partial charge in [-0.25, -0.2) is 4.98 Å². The van der Waals surface area contributed by atoms with Crippen molar-refractivity contribution in [2.45, 2.75) is 18.9 Å². The molecule has 2 aromatic heterocycles. The van der Waals surface area contributed by atoms with Crippen LogP contribution in [0.3, 0.4) is 0 Å². The van der Waals surface area contributed by atoms with Gasteiger partial charge in [-0.1, -0.05) is 18.2 Å². The fourth-order valence-corrected chi connectivity index (χ4v) is 4.48. The molecule has 1 aliphatic heterocycles. The second kappa shape index (κ2) is 7.44. The topological polar surface area (TPSA) is 78.4 Å². The molecule has 1 N–H and O–H groups in total. The van der Waals surface area contributed by atoms with Crippen molar-refractivity contribution in [2.75, 3.05) is 41.3 Å². The van der Waals surface area contributed by atoms with E-state index in [1.165, 1.54) is 0 Å². The first-order valence-corrected chi connectivity index (χ1v) is 11.1. The fourth-order valence-electron chi connectivity index (χ4n) is 4.48. The lowest BCUT2D eigenvalue weighted by Gasteiger charge is -2.37. The van der Waals surface area contributed by atoms with E-state index < -0.39 is 0 Å². The maximum atomic E-state index is 12.2. The van der Waals surface area contributed by atoms with Gasteiger partial charge in [0.05, 0.1) is 5.52 Å². The number of piperazine rings is 1. The molecule has 1 saturated carbocycles. The van der Waals surface area contributed by atoms with Crippen molar-refractivity contribution in [1.29, 1.82) is 0 Å². The Balaban J connectivity index is 1.24. The predicted octanol–water partition coefficient (Wildman–Crippen LogP) is 2.79. The van der Waals surface area contributed by atoms with Gasteiger partial charge in [-0.3, -0.25) is 14.6 Å². The molecule has 0 bridgehead atoms. The summed E-state index contributed by atoms with van der Waals surface area (Å²) in [7, 11) is 0. The molecule has 0 radical (unpaired) electrons. The smallest absolute Gasteiger partial charge is 0.253 e. The molecule has 2 aromatic carbocycles. The predicted molar refractivity (Wildman–Crippen MR) is 127 cm³/mol. The molecule has 0 atom stereocenters. The fraction of sp³-hybridized carbons (Fsp3) is 0.280. The van der Waals surface area contributed by atoms with Crippen molar-refractivity contribution in [2.24, 2.45) is 0 Å². The van der Waals surface area contributed by atoms with Gasteiger partial charge in [0, 0.05) is 55.6 Å². The monoisotopic (exact) mass is 425 g/mol. The lowest BCUT2D eigenvalue weighted by atomic mass is 10.0. The first-order chi connectivity index (χ1) is 15.7. The minimum atomic E-state index is -0.367. The largest absolute Gasteiger partial charge is 0.377 e. The van der Waals surface area contributed by atoms with Crippen molar-refractivity contribution < 1.29 is 0 Å². The van der Waals surface area contributed by atoms with Gasteiger partial charge >= 0.3 is 0 Å². The van der Waals surface area contributed by atoms with Crippen molar-refractivity contribution >= 4 is 28.1 Å². The molecule has 0 spiro atoms.